The van der Waals surface area contributed by atoms with Gasteiger partial charge in [-0.2, -0.15) is 15.3 Å². The molecule has 0 atom stereocenters. The van der Waals surface area contributed by atoms with E-state index in [2.05, 4.69) is 15.5 Å². The van der Waals surface area contributed by atoms with Gasteiger partial charge in [0.2, 0.25) is 5.88 Å². The number of para-hydroxylation sites is 1. The molecule has 1 aromatic heterocycles. The maximum absolute atomic E-state index is 13.3. The molecule has 18 heavy (non-hydrogen) atoms. The average Bonchev–Trinajstić information content (AvgIpc) is 2.79. The Morgan fingerprint density at radius 2 is 2.28 bits per heavy atom. The summed E-state index contributed by atoms with van der Waals surface area (Å²) in [6.45, 7) is 0. The van der Waals surface area contributed by atoms with Crippen LogP contribution >= 0.6 is 11.3 Å². The predicted octanol–water partition coefficient (Wildman–Crippen LogP) is 2.33. The first-order valence-electron chi connectivity index (χ1n) is 4.84. The van der Waals surface area contributed by atoms with Crippen molar-refractivity contribution in [2.75, 3.05) is 5.43 Å². The summed E-state index contributed by atoms with van der Waals surface area (Å²) >= 11 is 1.07. The molecule has 0 spiro atoms. The number of rotatable bonds is 3. The number of hydrogen-bond acceptors (Lipinski definition) is 6. The second-order valence-corrected chi connectivity index (χ2v) is 4.03. The zero-order valence-electron chi connectivity index (χ0n) is 8.96. The molecule has 7 heteroatoms. The maximum Gasteiger partial charge on any atom is 0.222 e. The maximum atomic E-state index is 13.3. The number of nitrogens with one attached hydrogen (secondary N) is 1. The lowest BCUT2D eigenvalue weighted by atomic mass is 10.3. The third kappa shape index (κ3) is 2.61. The van der Waals surface area contributed by atoms with Gasteiger partial charge in [-0.3, -0.25) is 5.43 Å². The lowest BCUT2D eigenvalue weighted by molar-refractivity contribution is 0.457. The Bertz CT molecular complexity index is 632. The van der Waals surface area contributed by atoms with Crippen molar-refractivity contribution in [2.45, 2.75) is 0 Å². The number of hydrogen-bond donors (Lipinski definition) is 2. The van der Waals surface area contributed by atoms with Gasteiger partial charge in [0.15, 0.2) is 10.7 Å². The van der Waals surface area contributed by atoms with Crippen LogP contribution in [0.3, 0.4) is 0 Å². The monoisotopic (exact) mass is 262 g/mol. The number of thiazole rings is 1. The van der Waals surface area contributed by atoms with Crippen LogP contribution in [0.1, 0.15) is 5.01 Å². The number of nitrogens with zero attached hydrogens (tertiary/aromatic N) is 3. The van der Waals surface area contributed by atoms with Gasteiger partial charge in [0.05, 0.1) is 11.1 Å². The smallest absolute Gasteiger partial charge is 0.222 e. The van der Waals surface area contributed by atoms with Gasteiger partial charge >= 0.3 is 0 Å². The molecule has 0 unspecified atom stereocenters. The minimum Gasteiger partial charge on any atom is -0.493 e. The quantitative estimate of drug-likeness (QED) is 0.657. The SMILES string of the molecule is N#C/C(=N/Nc1ccccc1F)c1nc(O)cs1. The molecule has 0 amide bonds. The van der Waals surface area contributed by atoms with Gasteiger partial charge in [-0.05, 0) is 12.1 Å². The van der Waals surface area contributed by atoms with Crippen molar-refractivity contribution in [3.63, 3.8) is 0 Å². The lowest BCUT2D eigenvalue weighted by Gasteiger charge is -2.01. The van der Waals surface area contributed by atoms with E-state index in [9.17, 15) is 4.39 Å². The number of halogens is 1. The summed E-state index contributed by atoms with van der Waals surface area (Å²) in [5.41, 5.74) is 2.58. The zero-order chi connectivity index (χ0) is 13.0. The Morgan fingerprint density at radius 1 is 1.50 bits per heavy atom. The van der Waals surface area contributed by atoms with Gasteiger partial charge in [-0.1, -0.05) is 12.1 Å². The predicted molar refractivity (Wildman–Crippen MR) is 66.0 cm³/mol. The van der Waals surface area contributed by atoms with Gasteiger partial charge in [0.25, 0.3) is 0 Å². The minimum atomic E-state index is -0.472. The van der Waals surface area contributed by atoms with E-state index >= 15 is 0 Å². The summed E-state index contributed by atoms with van der Waals surface area (Å²) < 4.78 is 13.3. The second kappa shape index (κ2) is 5.25. The van der Waals surface area contributed by atoms with Gasteiger partial charge in [0, 0.05) is 0 Å². The highest BCUT2D eigenvalue weighted by atomic mass is 32.1. The molecule has 0 aliphatic rings. The Morgan fingerprint density at radius 3 is 2.89 bits per heavy atom. The number of aromatic nitrogens is 1. The highest BCUT2D eigenvalue weighted by Gasteiger charge is 2.08. The fraction of sp³-hybridized carbons (Fsp3) is 0. The molecule has 1 aromatic carbocycles. The van der Waals surface area contributed by atoms with E-state index in [1.807, 2.05) is 6.07 Å². The van der Waals surface area contributed by atoms with Crippen molar-refractivity contribution < 1.29 is 9.50 Å². The first kappa shape index (κ1) is 12.0. The Labute approximate surface area is 106 Å². The van der Waals surface area contributed by atoms with Crippen molar-refractivity contribution in [2.24, 2.45) is 5.10 Å². The average molecular weight is 262 g/mol. The number of aromatic hydroxyl groups is 1. The van der Waals surface area contributed by atoms with Crippen LogP contribution in [0.2, 0.25) is 0 Å². The number of nitriles is 1. The molecule has 0 saturated carbocycles. The fourth-order valence-corrected chi connectivity index (χ4v) is 1.78. The first-order chi connectivity index (χ1) is 8.70. The molecule has 2 aromatic rings. The number of hydrazone groups is 1. The summed E-state index contributed by atoms with van der Waals surface area (Å²) in [6.07, 6.45) is 0. The molecule has 2 N–H and O–H groups in total. The topological polar surface area (TPSA) is 81.3 Å². The van der Waals surface area contributed by atoms with Crippen LogP contribution in [-0.4, -0.2) is 15.8 Å². The molecule has 0 bridgehead atoms. The Hall–Kier alpha value is -2.46. The summed E-state index contributed by atoms with van der Waals surface area (Å²) in [5.74, 6) is -0.649. The Kier molecular flexibility index (Phi) is 3.50. The summed E-state index contributed by atoms with van der Waals surface area (Å²) in [7, 11) is 0. The van der Waals surface area contributed by atoms with Gasteiger partial charge in [-0.25, -0.2) is 4.39 Å². The van der Waals surface area contributed by atoms with Gasteiger partial charge in [0.1, 0.15) is 11.9 Å². The van der Waals surface area contributed by atoms with E-state index in [1.165, 1.54) is 17.5 Å². The highest BCUT2D eigenvalue weighted by molar-refractivity contribution is 7.12. The number of benzene rings is 1. The van der Waals surface area contributed by atoms with Crippen molar-refractivity contribution in [3.05, 3.63) is 40.5 Å². The van der Waals surface area contributed by atoms with Crippen LogP contribution < -0.4 is 5.43 Å². The molecule has 0 aliphatic heterocycles. The van der Waals surface area contributed by atoms with E-state index in [0.29, 0.717) is 0 Å². The number of anilines is 1. The molecule has 0 saturated heterocycles. The molecule has 5 nitrogen and oxygen atoms in total. The minimum absolute atomic E-state index is 0.0245. The lowest BCUT2D eigenvalue weighted by Crippen LogP contribution is -2.02. The van der Waals surface area contributed by atoms with Crippen LogP contribution in [0, 0.1) is 17.1 Å². The van der Waals surface area contributed by atoms with Crippen molar-refractivity contribution in [1.29, 1.82) is 5.26 Å². The van der Waals surface area contributed by atoms with Crippen LogP contribution in [0.25, 0.3) is 0 Å². The van der Waals surface area contributed by atoms with Crippen LogP contribution in [0.15, 0.2) is 34.7 Å². The normalized spacial score (nSPS) is 11.0. The third-order valence-electron chi connectivity index (χ3n) is 1.96. The molecule has 2 rings (SSSR count). The van der Waals surface area contributed by atoms with Crippen molar-refractivity contribution in [1.82, 2.24) is 4.98 Å². The fourth-order valence-electron chi connectivity index (χ4n) is 1.16. The molecule has 0 radical (unpaired) electrons. The zero-order valence-corrected chi connectivity index (χ0v) is 9.78. The van der Waals surface area contributed by atoms with Crippen LogP contribution in [-0.2, 0) is 0 Å². The Balaban J connectivity index is 2.22. The van der Waals surface area contributed by atoms with E-state index in [-0.39, 0.29) is 22.3 Å². The van der Waals surface area contributed by atoms with E-state index in [1.54, 1.807) is 12.1 Å². The van der Waals surface area contributed by atoms with Crippen LogP contribution in [0.4, 0.5) is 10.1 Å². The summed E-state index contributed by atoms with van der Waals surface area (Å²) in [5, 5.41) is 23.4. The molecular weight excluding hydrogens is 255 g/mol. The largest absolute Gasteiger partial charge is 0.493 e. The van der Waals surface area contributed by atoms with Crippen LogP contribution in [0.5, 0.6) is 5.88 Å². The summed E-state index contributed by atoms with van der Waals surface area (Å²) in [4.78, 5) is 3.70. The second-order valence-electron chi connectivity index (χ2n) is 3.17. The van der Waals surface area contributed by atoms with Crippen molar-refractivity contribution in [3.8, 4) is 11.9 Å². The molecule has 0 aliphatic carbocycles. The molecule has 1 heterocycles. The summed E-state index contributed by atoms with van der Waals surface area (Å²) in [6, 6.07) is 7.78. The molecule has 0 fully saturated rings. The molecule has 90 valence electrons. The highest BCUT2D eigenvalue weighted by Crippen LogP contribution is 2.16. The van der Waals surface area contributed by atoms with Crippen molar-refractivity contribution >= 4 is 22.7 Å². The van der Waals surface area contributed by atoms with Gasteiger partial charge < -0.3 is 5.11 Å². The standard InChI is InChI=1S/C11H7FN4OS/c12-7-3-1-2-4-8(7)15-16-9(5-13)11-14-10(17)6-18-11/h1-4,6,15,17H/b16-9-. The first-order valence-corrected chi connectivity index (χ1v) is 5.72. The van der Waals surface area contributed by atoms with E-state index in [0.717, 1.165) is 11.3 Å². The van der Waals surface area contributed by atoms with Gasteiger partial charge in [-0.15, -0.1) is 11.3 Å². The van der Waals surface area contributed by atoms with E-state index < -0.39 is 5.82 Å². The van der Waals surface area contributed by atoms with E-state index in [4.69, 9.17) is 10.4 Å². The third-order valence-corrected chi connectivity index (χ3v) is 2.80. The molecular formula is C11H7FN4OS.